The number of benzene rings is 1. The van der Waals surface area contributed by atoms with Crippen LogP contribution in [-0.2, 0) is 0 Å². The topological polar surface area (TPSA) is 73.4 Å². The molecule has 8 heteroatoms. The quantitative estimate of drug-likeness (QED) is 0.859. The third-order valence-electron chi connectivity index (χ3n) is 4.17. The maximum atomic E-state index is 12.4. The van der Waals surface area contributed by atoms with E-state index in [-0.39, 0.29) is 6.03 Å². The Bertz CT molecular complexity index is 759. The minimum Gasteiger partial charge on any atom is -0.370 e. The van der Waals surface area contributed by atoms with Gasteiger partial charge in [-0.25, -0.2) is 14.8 Å². The molecule has 2 N–H and O–H groups in total. The highest BCUT2D eigenvalue weighted by molar-refractivity contribution is 6.30. The average molecular weight is 375 g/mol. The number of aromatic nitrogens is 2. The second-order valence-corrected chi connectivity index (χ2v) is 6.54. The van der Waals surface area contributed by atoms with Crippen molar-refractivity contribution in [1.29, 1.82) is 0 Å². The van der Waals surface area contributed by atoms with E-state index >= 15 is 0 Å². The molecule has 26 heavy (non-hydrogen) atoms. The first-order valence-electron chi connectivity index (χ1n) is 8.71. The van der Waals surface area contributed by atoms with Gasteiger partial charge in [0, 0.05) is 49.5 Å². The lowest BCUT2D eigenvalue weighted by Gasteiger charge is -2.35. The van der Waals surface area contributed by atoms with Gasteiger partial charge in [0.25, 0.3) is 0 Å². The molecule has 0 aliphatic carbocycles. The van der Waals surface area contributed by atoms with Crippen LogP contribution < -0.4 is 15.5 Å². The SMILES string of the molecule is CCNc1cc(N2CCN(C(=O)Nc3ccc(Cl)cc3)CC2)nc(C)n1. The van der Waals surface area contributed by atoms with E-state index in [4.69, 9.17) is 11.6 Å². The highest BCUT2D eigenvalue weighted by Gasteiger charge is 2.22. The molecule has 0 radical (unpaired) electrons. The Labute approximate surface area is 158 Å². The molecule has 0 bridgehead atoms. The highest BCUT2D eigenvalue weighted by Crippen LogP contribution is 2.19. The number of piperazine rings is 1. The van der Waals surface area contributed by atoms with Crippen molar-refractivity contribution in [3.63, 3.8) is 0 Å². The van der Waals surface area contributed by atoms with Gasteiger partial charge in [0.1, 0.15) is 17.5 Å². The van der Waals surface area contributed by atoms with Crippen LogP contribution in [0.5, 0.6) is 0 Å². The number of rotatable bonds is 4. The molecule has 2 heterocycles. The van der Waals surface area contributed by atoms with Crippen molar-refractivity contribution in [2.45, 2.75) is 13.8 Å². The van der Waals surface area contributed by atoms with Crippen LogP contribution in [0.25, 0.3) is 0 Å². The van der Waals surface area contributed by atoms with Crippen molar-refractivity contribution in [3.05, 3.63) is 41.2 Å². The molecule has 138 valence electrons. The molecule has 7 nitrogen and oxygen atoms in total. The Morgan fingerprint density at radius 1 is 1.15 bits per heavy atom. The van der Waals surface area contributed by atoms with Crippen molar-refractivity contribution in [1.82, 2.24) is 14.9 Å². The molecule has 1 aromatic heterocycles. The van der Waals surface area contributed by atoms with E-state index in [9.17, 15) is 4.79 Å². The normalized spacial score (nSPS) is 14.3. The first-order valence-corrected chi connectivity index (χ1v) is 9.09. The molecular weight excluding hydrogens is 352 g/mol. The molecule has 1 fully saturated rings. The van der Waals surface area contributed by atoms with E-state index in [2.05, 4.69) is 25.5 Å². The largest absolute Gasteiger partial charge is 0.370 e. The van der Waals surface area contributed by atoms with E-state index in [1.165, 1.54) is 0 Å². The minimum atomic E-state index is -0.0980. The Morgan fingerprint density at radius 3 is 2.50 bits per heavy atom. The molecule has 1 aliphatic rings. The van der Waals surface area contributed by atoms with Crippen LogP contribution in [0.4, 0.5) is 22.1 Å². The fourth-order valence-corrected chi connectivity index (χ4v) is 2.99. The third-order valence-corrected chi connectivity index (χ3v) is 4.42. The zero-order valence-electron chi connectivity index (χ0n) is 15.0. The van der Waals surface area contributed by atoms with Crippen LogP contribution in [0.2, 0.25) is 5.02 Å². The van der Waals surface area contributed by atoms with E-state index in [0.717, 1.165) is 42.8 Å². The van der Waals surface area contributed by atoms with Gasteiger partial charge in [-0.15, -0.1) is 0 Å². The van der Waals surface area contributed by atoms with E-state index in [1.807, 2.05) is 24.8 Å². The van der Waals surface area contributed by atoms with Crippen LogP contribution in [-0.4, -0.2) is 53.6 Å². The fraction of sp³-hybridized carbons (Fsp3) is 0.389. The smallest absolute Gasteiger partial charge is 0.321 e. The Kier molecular flexibility index (Phi) is 5.78. The summed E-state index contributed by atoms with van der Waals surface area (Å²) in [4.78, 5) is 25.3. The van der Waals surface area contributed by atoms with Gasteiger partial charge < -0.3 is 20.4 Å². The summed E-state index contributed by atoms with van der Waals surface area (Å²) in [5.74, 6) is 2.46. The van der Waals surface area contributed by atoms with Crippen molar-refractivity contribution in [2.24, 2.45) is 0 Å². The molecule has 1 saturated heterocycles. The van der Waals surface area contributed by atoms with E-state index < -0.39 is 0 Å². The molecule has 0 unspecified atom stereocenters. The summed E-state index contributed by atoms with van der Waals surface area (Å²) >= 11 is 5.87. The monoisotopic (exact) mass is 374 g/mol. The number of carbonyl (C=O) groups excluding carboxylic acids is 1. The summed E-state index contributed by atoms with van der Waals surface area (Å²) in [6.07, 6.45) is 0. The molecule has 2 aromatic rings. The molecule has 1 aromatic carbocycles. The van der Waals surface area contributed by atoms with Crippen LogP contribution in [0, 0.1) is 6.92 Å². The molecule has 0 atom stereocenters. The zero-order valence-corrected chi connectivity index (χ0v) is 15.8. The number of hydrogen-bond donors (Lipinski definition) is 2. The van der Waals surface area contributed by atoms with Crippen molar-refractivity contribution < 1.29 is 4.79 Å². The van der Waals surface area contributed by atoms with Crippen LogP contribution in [0.15, 0.2) is 30.3 Å². The number of anilines is 3. The van der Waals surface area contributed by atoms with Gasteiger partial charge >= 0.3 is 6.03 Å². The lowest BCUT2D eigenvalue weighted by molar-refractivity contribution is 0.208. The number of urea groups is 1. The molecular formula is C18H23ClN6O. The summed E-state index contributed by atoms with van der Waals surface area (Å²) < 4.78 is 0. The van der Waals surface area contributed by atoms with E-state index in [1.54, 1.807) is 24.3 Å². The van der Waals surface area contributed by atoms with Crippen LogP contribution in [0.3, 0.4) is 0 Å². The maximum absolute atomic E-state index is 12.4. The van der Waals surface area contributed by atoms with Crippen molar-refractivity contribution >= 4 is 35.0 Å². The number of halogens is 1. The molecule has 0 spiro atoms. The first-order chi connectivity index (χ1) is 12.5. The lowest BCUT2D eigenvalue weighted by Crippen LogP contribution is -2.50. The zero-order chi connectivity index (χ0) is 18.5. The fourth-order valence-electron chi connectivity index (χ4n) is 2.86. The summed E-state index contributed by atoms with van der Waals surface area (Å²) in [7, 11) is 0. The van der Waals surface area contributed by atoms with Crippen LogP contribution in [0.1, 0.15) is 12.7 Å². The number of hydrogen-bond acceptors (Lipinski definition) is 5. The van der Waals surface area contributed by atoms with Gasteiger partial charge in [-0.05, 0) is 38.1 Å². The van der Waals surface area contributed by atoms with Crippen LogP contribution >= 0.6 is 11.6 Å². The molecule has 1 aliphatic heterocycles. The standard InChI is InChI=1S/C18H23ClN6O/c1-3-20-16-12-17(22-13(2)21-16)24-8-10-25(11-9-24)18(26)23-15-6-4-14(19)5-7-15/h4-7,12H,3,8-11H2,1-2H3,(H,23,26)(H,20,21,22). The minimum absolute atomic E-state index is 0.0980. The number of nitrogens with zero attached hydrogens (tertiary/aromatic N) is 4. The Hall–Kier alpha value is -2.54. The Morgan fingerprint density at radius 2 is 1.85 bits per heavy atom. The van der Waals surface area contributed by atoms with Gasteiger partial charge in [-0.2, -0.15) is 0 Å². The predicted molar refractivity (Wildman–Crippen MR) is 105 cm³/mol. The number of nitrogens with one attached hydrogen (secondary N) is 2. The summed E-state index contributed by atoms with van der Waals surface area (Å²) in [6.45, 7) is 7.48. The molecule has 3 rings (SSSR count). The first kappa shape index (κ1) is 18.3. The van der Waals surface area contributed by atoms with Gasteiger partial charge in [-0.1, -0.05) is 11.6 Å². The van der Waals surface area contributed by atoms with Gasteiger partial charge in [-0.3, -0.25) is 0 Å². The van der Waals surface area contributed by atoms with Gasteiger partial charge in [0.2, 0.25) is 0 Å². The Balaban J connectivity index is 1.58. The van der Waals surface area contributed by atoms with Crippen molar-refractivity contribution in [3.8, 4) is 0 Å². The molecule has 0 saturated carbocycles. The average Bonchev–Trinajstić information content (AvgIpc) is 2.63. The highest BCUT2D eigenvalue weighted by atomic mass is 35.5. The number of aryl methyl sites for hydroxylation is 1. The number of carbonyl (C=O) groups is 1. The predicted octanol–water partition coefficient (Wildman–Crippen LogP) is 3.22. The summed E-state index contributed by atoms with van der Waals surface area (Å²) in [5, 5.41) is 6.77. The maximum Gasteiger partial charge on any atom is 0.321 e. The van der Waals surface area contributed by atoms with Gasteiger partial charge in [0.05, 0.1) is 0 Å². The number of amides is 2. The van der Waals surface area contributed by atoms with E-state index in [0.29, 0.717) is 18.1 Å². The van der Waals surface area contributed by atoms with Crippen molar-refractivity contribution in [2.75, 3.05) is 48.3 Å². The second-order valence-electron chi connectivity index (χ2n) is 6.10. The lowest BCUT2D eigenvalue weighted by atomic mass is 10.3. The molecule has 2 amide bonds. The summed E-state index contributed by atoms with van der Waals surface area (Å²) in [5.41, 5.74) is 0.739. The third kappa shape index (κ3) is 4.54. The summed E-state index contributed by atoms with van der Waals surface area (Å²) in [6, 6.07) is 8.97. The van der Waals surface area contributed by atoms with Gasteiger partial charge in [0.15, 0.2) is 0 Å². The second kappa shape index (κ2) is 8.23.